The molecule has 2 heterocycles. The Kier molecular flexibility index (Phi) is 2.14. The van der Waals surface area contributed by atoms with Gasteiger partial charge in [-0.3, -0.25) is 4.98 Å². The van der Waals surface area contributed by atoms with Gasteiger partial charge < -0.3 is 5.73 Å². The molecular weight excluding hydrogens is 178 g/mol. The van der Waals surface area contributed by atoms with Crippen molar-refractivity contribution in [3.8, 4) is 0 Å². The van der Waals surface area contributed by atoms with E-state index in [2.05, 4.69) is 21.1 Å². The Hall–Kier alpha value is -1.91. The molecule has 5 nitrogen and oxygen atoms in total. The van der Waals surface area contributed by atoms with Gasteiger partial charge in [0.05, 0.1) is 6.54 Å². The number of aromatic nitrogens is 4. The Balaban J connectivity index is 2.18. The van der Waals surface area contributed by atoms with Crippen LogP contribution in [0.4, 0.5) is 5.95 Å². The number of aryl methyl sites for hydroxylation is 1. The van der Waals surface area contributed by atoms with Crippen molar-refractivity contribution >= 4 is 5.95 Å². The largest absolute Gasteiger partial charge is 0.367 e. The van der Waals surface area contributed by atoms with Crippen LogP contribution in [0.25, 0.3) is 0 Å². The smallest absolute Gasteiger partial charge is 0.239 e. The van der Waals surface area contributed by atoms with Crippen molar-refractivity contribution in [2.45, 2.75) is 13.5 Å². The lowest BCUT2D eigenvalue weighted by atomic mass is 10.2. The molecule has 2 aromatic heterocycles. The molecule has 0 aliphatic heterocycles. The van der Waals surface area contributed by atoms with E-state index in [0.29, 0.717) is 12.5 Å². The van der Waals surface area contributed by atoms with Crippen molar-refractivity contribution in [2.75, 3.05) is 5.73 Å². The number of anilines is 1. The maximum atomic E-state index is 5.40. The average molecular weight is 189 g/mol. The number of nitrogens with zero attached hydrogens (tertiary/aromatic N) is 4. The molecule has 2 rings (SSSR count). The third-order valence-electron chi connectivity index (χ3n) is 1.83. The molecular formula is C9H11N5. The van der Waals surface area contributed by atoms with Gasteiger partial charge in [-0.15, -0.1) is 5.10 Å². The van der Waals surface area contributed by atoms with Crippen molar-refractivity contribution in [1.82, 2.24) is 19.7 Å². The van der Waals surface area contributed by atoms with Crippen LogP contribution < -0.4 is 5.73 Å². The topological polar surface area (TPSA) is 69.6 Å². The molecule has 0 amide bonds. The first-order chi connectivity index (χ1) is 6.74. The predicted octanol–water partition coefficient (Wildman–Crippen LogP) is 0.612. The van der Waals surface area contributed by atoms with Crippen LogP contribution in [0.1, 0.15) is 11.1 Å². The Morgan fingerprint density at radius 3 is 2.93 bits per heavy atom. The second kappa shape index (κ2) is 3.45. The van der Waals surface area contributed by atoms with Crippen molar-refractivity contribution in [3.05, 3.63) is 35.9 Å². The molecule has 2 N–H and O–H groups in total. The molecule has 0 bridgehead atoms. The van der Waals surface area contributed by atoms with E-state index in [4.69, 9.17) is 5.73 Å². The van der Waals surface area contributed by atoms with Crippen LogP contribution in [0.2, 0.25) is 0 Å². The van der Waals surface area contributed by atoms with E-state index in [1.54, 1.807) is 11.0 Å². The Morgan fingerprint density at radius 1 is 1.43 bits per heavy atom. The summed E-state index contributed by atoms with van der Waals surface area (Å²) >= 11 is 0. The minimum Gasteiger partial charge on any atom is -0.367 e. The number of hydrogen-bond donors (Lipinski definition) is 1. The van der Waals surface area contributed by atoms with Crippen LogP contribution in [0.15, 0.2) is 24.8 Å². The zero-order valence-electron chi connectivity index (χ0n) is 7.88. The fraction of sp³-hybridized carbons (Fsp3) is 0.222. The minimum absolute atomic E-state index is 0.297. The van der Waals surface area contributed by atoms with E-state index in [9.17, 15) is 0 Å². The minimum atomic E-state index is 0.297. The second-order valence-electron chi connectivity index (χ2n) is 3.17. The fourth-order valence-corrected chi connectivity index (χ4v) is 1.28. The molecule has 0 radical (unpaired) electrons. The Morgan fingerprint density at radius 2 is 2.29 bits per heavy atom. The average Bonchev–Trinajstić information content (AvgIpc) is 2.51. The monoisotopic (exact) mass is 189 g/mol. The lowest BCUT2D eigenvalue weighted by Crippen LogP contribution is -2.01. The van der Waals surface area contributed by atoms with E-state index in [-0.39, 0.29) is 0 Å². The molecule has 0 fully saturated rings. The SMILES string of the molecule is Cc1cncc(Cn2cnc(N)n2)c1. The van der Waals surface area contributed by atoms with E-state index in [1.165, 1.54) is 0 Å². The number of hydrogen-bond acceptors (Lipinski definition) is 4. The van der Waals surface area contributed by atoms with Crippen LogP contribution in [-0.4, -0.2) is 19.7 Å². The summed E-state index contributed by atoms with van der Waals surface area (Å²) in [6.07, 6.45) is 5.24. The number of pyridine rings is 1. The summed E-state index contributed by atoms with van der Waals surface area (Å²) in [6.45, 7) is 2.66. The standard InChI is InChI=1S/C9H11N5/c1-7-2-8(4-11-3-7)5-14-6-12-9(10)13-14/h2-4,6H,5H2,1H3,(H2,10,13). The van der Waals surface area contributed by atoms with Crippen molar-refractivity contribution in [1.29, 1.82) is 0 Å². The third-order valence-corrected chi connectivity index (χ3v) is 1.83. The summed E-state index contributed by atoms with van der Waals surface area (Å²) in [4.78, 5) is 7.94. The van der Waals surface area contributed by atoms with Crippen molar-refractivity contribution < 1.29 is 0 Å². The van der Waals surface area contributed by atoms with Crippen molar-refractivity contribution in [3.63, 3.8) is 0 Å². The molecule has 5 heteroatoms. The summed E-state index contributed by atoms with van der Waals surface area (Å²) in [7, 11) is 0. The van der Waals surface area contributed by atoms with E-state index in [0.717, 1.165) is 11.1 Å². The Labute approximate surface area is 81.6 Å². The molecule has 0 saturated heterocycles. The fourth-order valence-electron chi connectivity index (χ4n) is 1.28. The van der Waals surface area contributed by atoms with Gasteiger partial charge in [0, 0.05) is 12.4 Å². The maximum absolute atomic E-state index is 5.40. The van der Waals surface area contributed by atoms with Gasteiger partial charge in [-0.1, -0.05) is 6.07 Å². The number of nitrogens with two attached hydrogens (primary N) is 1. The Bertz CT molecular complexity index is 434. The first-order valence-electron chi connectivity index (χ1n) is 4.29. The quantitative estimate of drug-likeness (QED) is 0.751. The predicted molar refractivity (Wildman–Crippen MR) is 52.5 cm³/mol. The molecule has 0 aromatic carbocycles. The highest BCUT2D eigenvalue weighted by Gasteiger charge is 1.98. The van der Waals surface area contributed by atoms with Gasteiger partial charge in [0.25, 0.3) is 0 Å². The first kappa shape index (κ1) is 8.68. The molecule has 14 heavy (non-hydrogen) atoms. The summed E-state index contributed by atoms with van der Waals surface area (Å²) in [5.41, 5.74) is 7.63. The zero-order valence-corrected chi connectivity index (χ0v) is 7.88. The molecule has 0 aliphatic rings. The van der Waals surface area contributed by atoms with Crippen LogP contribution in [0.5, 0.6) is 0 Å². The van der Waals surface area contributed by atoms with Gasteiger partial charge in [0.1, 0.15) is 6.33 Å². The summed E-state index contributed by atoms with van der Waals surface area (Å²) in [5, 5.41) is 3.99. The summed E-state index contributed by atoms with van der Waals surface area (Å²) in [5.74, 6) is 0.297. The van der Waals surface area contributed by atoms with Crippen molar-refractivity contribution in [2.24, 2.45) is 0 Å². The molecule has 0 aliphatic carbocycles. The molecule has 72 valence electrons. The number of nitrogen functional groups attached to an aromatic ring is 1. The lowest BCUT2D eigenvalue weighted by molar-refractivity contribution is 0.685. The van der Waals surface area contributed by atoms with Gasteiger partial charge in [-0.2, -0.15) is 0 Å². The summed E-state index contributed by atoms with van der Waals surface area (Å²) in [6, 6.07) is 2.06. The zero-order chi connectivity index (χ0) is 9.97. The second-order valence-corrected chi connectivity index (χ2v) is 3.17. The van der Waals surface area contributed by atoms with E-state index >= 15 is 0 Å². The maximum Gasteiger partial charge on any atom is 0.239 e. The van der Waals surface area contributed by atoms with Crippen LogP contribution in [0, 0.1) is 6.92 Å². The molecule has 0 saturated carbocycles. The normalized spacial score (nSPS) is 10.4. The van der Waals surface area contributed by atoms with Crippen LogP contribution in [0.3, 0.4) is 0 Å². The highest BCUT2D eigenvalue weighted by molar-refractivity contribution is 5.17. The molecule has 0 unspecified atom stereocenters. The first-order valence-corrected chi connectivity index (χ1v) is 4.29. The van der Waals surface area contributed by atoms with Crippen LogP contribution >= 0.6 is 0 Å². The van der Waals surface area contributed by atoms with Gasteiger partial charge in [0.2, 0.25) is 5.95 Å². The van der Waals surface area contributed by atoms with Gasteiger partial charge in [-0.25, -0.2) is 9.67 Å². The van der Waals surface area contributed by atoms with Gasteiger partial charge in [-0.05, 0) is 18.1 Å². The molecule has 0 atom stereocenters. The lowest BCUT2D eigenvalue weighted by Gasteiger charge is -2.00. The highest BCUT2D eigenvalue weighted by atomic mass is 15.4. The third kappa shape index (κ3) is 1.87. The summed E-state index contributed by atoms with van der Waals surface area (Å²) < 4.78 is 1.69. The number of rotatable bonds is 2. The van der Waals surface area contributed by atoms with Crippen LogP contribution in [-0.2, 0) is 6.54 Å². The highest BCUT2D eigenvalue weighted by Crippen LogP contribution is 2.03. The van der Waals surface area contributed by atoms with Gasteiger partial charge in [0.15, 0.2) is 0 Å². The van der Waals surface area contributed by atoms with E-state index < -0.39 is 0 Å². The molecule has 2 aromatic rings. The molecule has 0 spiro atoms. The van der Waals surface area contributed by atoms with E-state index in [1.807, 2.05) is 19.3 Å². The van der Waals surface area contributed by atoms with Gasteiger partial charge >= 0.3 is 0 Å².